The molecule has 0 spiro atoms. The smallest absolute Gasteiger partial charge is 0.159 e. The molecule has 0 unspecified atom stereocenters. The van der Waals surface area contributed by atoms with E-state index in [2.05, 4.69) is 114 Å². The van der Waals surface area contributed by atoms with Gasteiger partial charge in [0.25, 0.3) is 0 Å². The van der Waals surface area contributed by atoms with E-state index in [0.717, 1.165) is 33.8 Å². The Kier molecular flexibility index (Phi) is 3.66. The Morgan fingerprint density at radius 2 is 1.34 bits per heavy atom. The first-order valence-electron chi connectivity index (χ1n) is 11.9. The van der Waals surface area contributed by atoms with Crippen molar-refractivity contribution in [2.45, 2.75) is 0 Å². The molecule has 2 aromatic heterocycles. The summed E-state index contributed by atoms with van der Waals surface area (Å²) in [4.78, 5) is 9.94. The number of aromatic nitrogens is 3. The van der Waals surface area contributed by atoms with Crippen LogP contribution in [0.3, 0.4) is 0 Å². The highest BCUT2D eigenvalue weighted by Crippen LogP contribution is 2.46. The molecule has 0 saturated carbocycles. The van der Waals surface area contributed by atoms with Crippen LogP contribution >= 0.6 is 0 Å². The summed E-state index contributed by atoms with van der Waals surface area (Å²) in [5.41, 5.74) is 9.06. The third-order valence-corrected chi connectivity index (χ3v) is 7.19. The lowest BCUT2D eigenvalue weighted by Gasteiger charge is -2.09. The highest BCUT2D eigenvalue weighted by Gasteiger charge is 2.23. The summed E-state index contributed by atoms with van der Waals surface area (Å²) in [5, 5.41) is 4.99. The molecule has 0 N–H and O–H groups in total. The number of benzene rings is 5. The van der Waals surface area contributed by atoms with Gasteiger partial charge in [-0.2, -0.15) is 0 Å². The van der Waals surface area contributed by atoms with Gasteiger partial charge in [-0.25, -0.2) is 9.97 Å². The van der Waals surface area contributed by atoms with Crippen molar-refractivity contribution in [3.8, 4) is 39.5 Å². The van der Waals surface area contributed by atoms with Gasteiger partial charge in [-0.1, -0.05) is 84.9 Å². The van der Waals surface area contributed by atoms with Crippen LogP contribution in [0, 0.1) is 0 Å². The van der Waals surface area contributed by atoms with Crippen LogP contribution in [0.15, 0.2) is 115 Å². The molecule has 3 nitrogen and oxygen atoms in total. The second kappa shape index (κ2) is 6.87. The molecule has 2 heterocycles. The van der Waals surface area contributed by atoms with Gasteiger partial charge < -0.3 is 4.57 Å². The van der Waals surface area contributed by atoms with Crippen molar-refractivity contribution in [1.82, 2.24) is 14.5 Å². The fourth-order valence-corrected chi connectivity index (χ4v) is 5.65. The van der Waals surface area contributed by atoms with Crippen molar-refractivity contribution >= 4 is 32.6 Å². The molecule has 1 aliphatic carbocycles. The van der Waals surface area contributed by atoms with E-state index in [0.29, 0.717) is 0 Å². The van der Waals surface area contributed by atoms with Crippen molar-refractivity contribution in [2.75, 3.05) is 0 Å². The van der Waals surface area contributed by atoms with Crippen molar-refractivity contribution in [1.29, 1.82) is 0 Å². The minimum Gasteiger partial charge on any atom is -0.309 e. The van der Waals surface area contributed by atoms with Crippen LogP contribution in [0.25, 0.3) is 72.0 Å². The van der Waals surface area contributed by atoms with Crippen molar-refractivity contribution < 1.29 is 0 Å². The Hall–Kier alpha value is -4.76. The predicted octanol–water partition coefficient (Wildman–Crippen LogP) is 8.04. The fourth-order valence-electron chi connectivity index (χ4n) is 5.65. The van der Waals surface area contributed by atoms with E-state index >= 15 is 0 Å². The molecular formula is C32H19N3. The van der Waals surface area contributed by atoms with Crippen molar-refractivity contribution in [3.63, 3.8) is 0 Å². The lowest BCUT2D eigenvalue weighted by molar-refractivity contribution is 1.17. The summed E-state index contributed by atoms with van der Waals surface area (Å²) >= 11 is 0. The molecule has 5 aromatic carbocycles. The van der Waals surface area contributed by atoms with Crippen LogP contribution in [0.2, 0.25) is 0 Å². The maximum Gasteiger partial charge on any atom is 0.159 e. The topological polar surface area (TPSA) is 30.7 Å². The molecule has 0 fully saturated rings. The molecule has 0 bridgehead atoms. The molecule has 8 rings (SSSR count). The van der Waals surface area contributed by atoms with Crippen LogP contribution in [0.1, 0.15) is 0 Å². The summed E-state index contributed by atoms with van der Waals surface area (Å²) in [6.07, 6.45) is 1.99. The van der Waals surface area contributed by atoms with Crippen LogP contribution in [-0.2, 0) is 0 Å². The molecule has 35 heavy (non-hydrogen) atoms. The first-order valence-corrected chi connectivity index (χ1v) is 11.9. The first-order chi connectivity index (χ1) is 17.4. The third kappa shape index (κ3) is 2.55. The van der Waals surface area contributed by atoms with Gasteiger partial charge in [0.15, 0.2) is 5.82 Å². The zero-order valence-corrected chi connectivity index (χ0v) is 18.8. The third-order valence-electron chi connectivity index (χ3n) is 7.19. The number of nitrogens with zero attached hydrogens (tertiary/aromatic N) is 3. The molecule has 0 aliphatic heterocycles. The Bertz CT molecular complexity index is 1940. The Balaban J connectivity index is 1.37. The van der Waals surface area contributed by atoms with Gasteiger partial charge in [0.1, 0.15) is 0 Å². The zero-order valence-electron chi connectivity index (χ0n) is 18.8. The van der Waals surface area contributed by atoms with E-state index in [1.807, 2.05) is 6.20 Å². The highest BCUT2D eigenvalue weighted by molar-refractivity contribution is 6.14. The van der Waals surface area contributed by atoms with Crippen LogP contribution in [0.4, 0.5) is 0 Å². The van der Waals surface area contributed by atoms with Gasteiger partial charge in [-0.05, 0) is 40.6 Å². The number of para-hydroxylation sites is 2. The second-order valence-electron chi connectivity index (χ2n) is 9.09. The predicted molar refractivity (Wildman–Crippen MR) is 144 cm³/mol. The maximum atomic E-state index is 5.11. The average Bonchev–Trinajstić information content (AvgIpc) is 3.43. The molecule has 3 heteroatoms. The highest BCUT2D eigenvalue weighted by atomic mass is 15.0. The van der Waals surface area contributed by atoms with Crippen LogP contribution < -0.4 is 0 Å². The summed E-state index contributed by atoms with van der Waals surface area (Å²) in [7, 11) is 0. The van der Waals surface area contributed by atoms with E-state index in [1.165, 1.54) is 38.2 Å². The van der Waals surface area contributed by atoms with Crippen LogP contribution in [0.5, 0.6) is 0 Å². The number of fused-ring (bicyclic) bond motifs is 6. The summed E-state index contributed by atoms with van der Waals surface area (Å²) in [6.45, 7) is 0. The van der Waals surface area contributed by atoms with Gasteiger partial charge in [-0.15, -0.1) is 0 Å². The normalized spacial score (nSPS) is 12.0. The first kappa shape index (κ1) is 18.6. The van der Waals surface area contributed by atoms with Gasteiger partial charge in [0.2, 0.25) is 0 Å². The molecule has 0 radical (unpaired) electrons. The van der Waals surface area contributed by atoms with E-state index < -0.39 is 0 Å². The van der Waals surface area contributed by atoms with Gasteiger partial charge in [0, 0.05) is 39.3 Å². The summed E-state index contributed by atoms with van der Waals surface area (Å²) < 4.78 is 2.33. The lowest BCUT2D eigenvalue weighted by atomic mass is 10.0. The van der Waals surface area contributed by atoms with Crippen LogP contribution in [-0.4, -0.2) is 14.5 Å². The molecule has 162 valence electrons. The molecule has 0 amide bonds. The molecular weight excluding hydrogens is 426 g/mol. The monoisotopic (exact) mass is 445 g/mol. The van der Waals surface area contributed by atoms with E-state index in [4.69, 9.17) is 9.97 Å². The zero-order chi connectivity index (χ0) is 22.9. The van der Waals surface area contributed by atoms with E-state index in [1.54, 1.807) is 0 Å². The minimum atomic E-state index is 0.750. The second-order valence-corrected chi connectivity index (χ2v) is 9.09. The number of hydrogen-bond donors (Lipinski definition) is 0. The van der Waals surface area contributed by atoms with Gasteiger partial charge >= 0.3 is 0 Å². The SMILES string of the molecule is c1ccc(-n2c3ccccc3c3ccc(-c4ncc5c(n4)-c4cccc6cccc-5c46)cc32)cc1. The Morgan fingerprint density at radius 3 is 2.23 bits per heavy atom. The quantitative estimate of drug-likeness (QED) is 0.269. The lowest BCUT2D eigenvalue weighted by Crippen LogP contribution is -1.95. The molecule has 0 saturated heterocycles. The number of rotatable bonds is 2. The van der Waals surface area contributed by atoms with Crippen molar-refractivity contribution in [3.05, 3.63) is 115 Å². The van der Waals surface area contributed by atoms with Gasteiger partial charge in [-0.3, -0.25) is 0 Å². The summed E-state index contributed by atoms with van der Waals surface area (Å²) in [6, 6.07) is 38.6. The van der Waals surface area contributed by atoms with E-state index in [9.17, 15) is 0 Å². The fraction of sp³-hybridized carbons (Fsp3) is 0. The molecule has 0 atom stereocenters. The molecule has 1 aliphatic rings. The Morgan fingerprint density at radius 1 is 0.571 bits per heavy atom. The molecule has 7 aromatic rings. The average molecular weight is 446 g/mol. The van der Waals surface area contributed by atoms with Gasteiger partial charge in [0.05, 0.1) is 16.7 Å². The standard InChI is InChI=1S/C32H19N3/c1-2-10-22(11-3-1)35-28-15-5-4-12-23(28)24-17-16-21(18-29(24)35)32-33-19-27-25-13-6-8-20-9-7-14-26(30(20)25)31(27)34-32/h1-19H. The minimum absolute atomic E-state index is 0.750. The Labute approximate surface area is 202 Å². The largest absolute Gasteiger partial charge is 0.309 e. The summed E-state index contributed by atoms with van der Waals surface area (Å²) in [5.74, 6) is 0.750. The maximum absolute atomic E-state index is 5.11. The number of hydrogen-bond acceptors (Lipinski definition) is 2. The van der Waals surface area contributed by atoms with E-state index in [-0.39, 0.29) is 0 Å². The van der Waals surface area contributed by atoms with Crippen molar-refractivity contribution in [2.24, 2.45) is 0 Å².